The van der Waals surface area contributed by atoms with Gasteiger partial charge >= 0.3 is 0 Å². The molecular weight excluding hydrogens is 181 g/mol. The quantitative estimate of drug-likeness (QED) is 0.675. The van der Waals surface area contributed by atoms with Crippen LogP contribution in [-0.2, 0) is 0 Å². The lowest BCUT2D eigenvalue weighted by molar-refractivity contribution is 0.762. The van der Waals surface area contributed by atoms with Crippen LogP contribution in [0, 0.1) is 5.92 Å². The summed E-state index contributed by atoms with van der Waals surface area (Å²) in [5.41, 5.74) is 0. The fourth-order valence-corrected chi connectivity index (χ4v) is 0.808. The van der Waals surface area contributed by atoms with Gasteiger partial charge < -0.3 is 5.32 Å². The summed E-state index contributed by atoms with van der Waals surface area (Å²) >= 11 is 5.54. The Balaban J connectivity index is 0. The van der Waals surface area contributed by atoms with Crippen LogP contribution in [0.2, 0.25) is 0 Å². The number of alkyl halides is 1. The lowest BCUT2D eigenvalue weighted by Gasteiger charge is -1.86. The Morgan fingerprint density at radius 2 is 1.64 bits per heavy atom. The molecule has 1 rings (SSSR count). The zero-order valence-corrected chi connectivity index (χ0v) is 9.13. The molecule has 0 aliphatic heterocycles. The molecule has 0 heterocycles. The molecule has 0 saturated heterocycles. The molecule has 0 aromatic rings. The van der Waals surface area contributed by atoms with E-state index < -0.39 is 0 Å². The number of nitrogens with one attached hydrogen (secondary N) is 1. The largest absolute Gasteiger partial charge is 0.317 e. The van der Waals surface area contributed by atoms with Gasteiger partial charge in [0.15, 0.2) is 0 Å². The summed E-state index contributed by atoms with van der Waals surface area (Å²) in [6.07, 6.45) is 1.24. The first kappa shape index (κ1) is 14.1. The number of halogens is 2. The van der Waals surface area contributed by atoms with Crippen LogP contribution in [0.4, 0.5) is 0 Å². The maximum atomic E-state index is 5.54. The van der Waals surface area contributed by atoms with Gasteiger partial charge in [-0.1, -0.05) is 20.8 Å². The van der Waals surface area contributed by atoms with Gasteiger partial charge in [-0.25, -0.2) is 0 Å². The summed E-state index contributed by atoms with van der Waals surface area (Å²) in [5.74, 6) is 0.816. The Hall–Kier alpha value is 0.540. The van der Waals surface area contributed by atoms with Crippen molar-refractivity contribution in [2.24, 2.45) is 5.92 Å². The third kappa shape index (κ3) is 10.5. The molecule has 11 heavy (non-hydrogen) atoms. The van der Waals surface area contributed by atoms with Crippen LogP contribution in [0.15, 0.2) is 0 Å². The van der Waals surface area contributed by atoms with Crippen LogP contribution >= 0.6 is 24.0 Å². The monoisotopic (exact) mass is 199 g/mol. The van der Waals surface area contributed by atoms with Crippen molar-refractivity contribution in [1.29, 1.82) is 0 Å². The van der Waals surface area contributed by atoms with E-state index in [0.717, 1.165) is 19.0 Å². The summed E-state index contributed by atoms with van der Waals surface area (Å²) in [5, 5.41) is 3.63. The van der Waals surface area contributed by atoms with Crippen molar-refractivity contribution in [2.45, 2.75) is 32.6 Å². The molecule has 1 fully saturated rings. The lowest BCUT2D eigenvalue weighted by atomic mass is 10.5. The summed E-state index contributed by atoms with van der Waals surface area (Å²) in [4.78, 5) is 0. The lowest BCUT2D eigenvalue weighted by Crippen LogP contribution is -2.09. The highest BCUT2D eigenvalue weighted by atomic mass is 35.5. The fraction of sp³-hybridized carbons (Fsp3) is 1.00. The van der Waals surface area contributed by atoms with E-state index in [9.17, 15) is 0 Å². The first-order valence-corrected chi connectivity index (χ1v) is 4.50. The van der Waals surface area contributed by atoms with Crippen LogP contribution in [0.25, 0.3) is 0 Å². The summed E-state index contributed by atoms with van der Waals surface area (Å²) in [7, 11) is 0. The molecule has 1 saturated carbocycles. The van der Waals surface area contributed by atoms with Gasteiger partial charge in [-0.3, -0.25) is 0 Å². The van der Waals surface area contributed by atoms with Crippen LogP contribution in [0.5, 0.6) is 0 Å². The topological polar surface area (TPSA) is 12.0 Å². The Bertz CT molecular complexity index is 70.5. The minimum atomic E-state index is 0. The minimum absolute atomic E-state index is 0. The van der Waals surface area contributed by atoms with Crippen LogP contribution in [0.1, 0.15) is 27.2 Å². The van der Waals surface area contributed by atoms with Crippen molar-refractivity contribution in [1.82, 2.24) is 5.32 Å². The van der Waals surface area contributed by atoms with Crippen molar-refractivity contribution in [3.8, 4) is 0 Å². The molecule has 0 aromatic carbocycles. The Kier molecular flexibility index (Phi) is 11.1. The highest BCUT2D eigenvalue weighted by molar-refractivity contribution is 6.22. The van der Waals surface area contributed by atoms with Crippen molar-refractivity contribution >= 4 is 24.0 Å². The average Bonchev–Trinajstić information content (AvgIpc) is 2.49. The normalized spacial score (nSPS) is 26.2. The summed E-state index contributed by atoms with van der Waals surface area (Å²) in [6, 6.07) is 0. The molecule has 1 N–H and O–H groups in total. The van der Waals surface area contributed by atoms with E-state index in [1.165, 1.54) is 6.42 Å². The molecule has 70 valence electrons. The number of hydrogen-bond donors (Lipinski definition) is 1. The second-order valence-corrected chi connectivity index (χ2v) is 3.25. The molecule has 0 amide bonds. The highest BCUT2D eigenvalue weighted by Crippen LogP contribution is 2.34. The standard InChI is InChI=1S/C4H7Cl.C4H11N.ClH/c1-3-2-4(3)5;1-3-5-4-2;/h3-4H,2H2,1H3;5H,3-4H2,1-2H3;1H. The van der Waals surface area contributed by atoms with Crippen molar-refractivity contribution in [2.75, 3.05) is 13.1 Å². The molecule has 1 nitrogen and oxygen atoms in total. The highest BCUT2D eigenvalue weighted by Gasteiger charge is 2.29. The predicted molar refractivity (Wildman–Crippen MR) is 54.9 cm³/mol. The van der Waals surface area contributed by atoms with Gasteiger partial charge in [0.05, 0.1) is 0 Å². The smallest absolute Gasteiger partial charge is 0.0365 e. The van der Waals surface area contributed by atoms with Gasteiger partial charge in [-0.05, 0) is 25.4 Å². The first-order chi connectivity index (χ1) is 4.72. The molecular formula is C8H19Cl2N. The van der Waals surface area contributed by atoms with E-state index >= 15 is 0 Å². The molecule has 0 bridgehead atoms. The summed E-state index contributed by atoms with van der Waals surface area (Å²) < 4.78 is 0. The van der Waals surface area contributed by atoms with E-state index in [1.807, 2.05) is 0 Å². The maximum absolute atomic E-state index is 5.54. The zero-order chi connectivity index (χ0) is 7.98. The second-order valence-electron chi connectivity index (χ2n) is 2.69. The first-order valence-electron chi connectivity index (χ1n) is 4.07. The SMILES string of the molecule is CC1CC1Cl.CCNCC.Cl. The molecule has 0 radical (unpaired) electrons. The summed E-state index contributed by atoms with van der Waals surface area (Å²) in [6.45, 7) is 8.55. The Morgan fingerprint density at radius 3 is 1.64 bits per heavy atom. The van der Waals surface area contributed by atoms with Crippen molar-refractivity contribution in [3.05, 3.63) is 0 Å². The maximum Gasteiger partial charge on any atom is 0.0365 e. The van der Waals surface area contributed by atoms with E-state index in [1.54, 1.807) is 0 Å². The number of rotatable bonds is 2. The van der Waals surface area contributed by atoms with Crippen LogP contribution < -0.4 is 5.32 Å². The molecule has 2 atom stereocenters. The van der Waals surface area contributed by atoms with Crippen molar-refractivity contribution < 1.29 is 0 Å². The van der Waals surface area contributed by atoms with E-state index in [0.29, 0.717) is 5.38 Å². The van der Waals surface area contributed by atoms with Gasteiger partial charge in [0.2, 0.25) is 0 Å². The van der Waals surface area contributed by atoms with E-state index in [4.69, 9.17) is 11.6 Å². The van der Waals surface area contributed by atoms with Gasteiger partial charge in [0.1, 0.15) is 0 Å². The Morgan fingerprint density at radius 1 is 1.36 bits per heavy atom. The van der Waals surface area contributed by atoms with Gasteiger partial charge in [-0.15, -0.1) is 24.0 Å². The van der Waals surface area contributed by atoms with Crippen molar-refractivity contribution in [3.63, 3.8) is 0 Å². The molecule has 0 spiro atoms. The van der Waals surface area contributed by atoms with Crippen LogP contribution in [0.3, 0.4) is 0 Å². The van der Waals surface area contributed by atoms with Gasteiger partial charge in [0, 0.05) is 5.38 Å². The van der Waals surface area contributed by atoms with Gasteiger partial charge in [0.25, 0.3) is 0 Å². The molecule has 1 aliphatic carbocycles. The third-order valence-corrected chi connectivity index (χ3v) is 2.12. The molecule has 3 heteroatoms. The molecule has 2 unspecified atom stereocenters. The third-order valence-electron chi connectivity index (χ3n) is 1.51. The second kappa shape index (κ2) is 8.63. The van der Waals surface area contributed by atoms with Gasteiger partial charge in [-0.2, -0.15) is 0 Å². The van der Waals surface area contributed by atoms with E-state index in [-0.39, 0.29) is 12.4 Å². The molecule has 0 aromatic heterocycles. The fourth-order valence-electron chi connectivity index (χ4n) is 0.527. The number of hydrogen-bond acceptors (Lipinski definition) is 1. The average molecular weight is 200 g/mol. The zero-order valence-electron chi connectivity index (χ0n) is 7.56. The minimum Gasteiger partial charge on any atom is -0.317 e. The Labute approximate surface area is 81.3 Å². The van der Waals surface area contributed by atoms with E-state index in [2.05, 4.69) is 26.1 Å². The predicted octanol–water partition coefficient (Wildman–Crippen LogP) is 2.67. The van der Waals surface area contributed by atoms with Crippen LogP contribution in [-0.4, -0.2) is 18.5 Å². The molecule has 1 aliphatic rings.